The Morgan fingerprint density at radius 3 is 2.65 bits per heavy atom. The van der Waals surface area contributed by atoms with E-state index in [4.69, 9.17) is 27.9 Å². The first kappa shape index (κ1) is 14.8. The van der Waals surface area contributed by atoms with Crippen LogP contribution < -0.4 is 0 Å². The lowest BCUT2D eigenvalue weighted by atomic mass is 9.98. The third-order valence-corrected chi connectivity index (χ3v) is 3.28. The first-order valence-corrected chi connectivity index (χ1v) is 6.95. The number of hydrogen-bond donors (Lipinski definition) is 0. The van der Waals surface area contributed by atoms with Crippen molar-refractivity contribution in [3.8, 4) is 0 Å². The first-order valence-electron chi connectivity index (χ1n) is 6.03. The fraction of sp³-hybridized carbons (Fsp3) is 0.571. The molecule has 1 atom stereocenters. The first-order chi connectivity index (χ1) is 8.11. The van der Waals surface area contributed by atoms with Crippen LogP contribution in [0.4, 0.5) is 0 Å². The third kappa shape index (κ3) is 6.30. The van der Waals surface area contributed by atoms with Crippen LogP contribution in [-0.4, -0.2) is 18.6 Å². The van der Waals surface area contributed by atoms with Gasteiger partial charge in [0.25, 0.3) is 0 Å². The van der Waals surface area contributed by atoms with Crippen molar-refractivity contribution >= 4 is 23.2 Å². The van der Waals surface area contributed by atoms with E-state index in [0.717, 1.165) is 24.5 Å². The minimum Gasteiger partial charge on any atom is -0.379 e. The zero-order valence-electron chi connectivity index (χ0n) is 10.5. The molecule has 1 aromatic carbocycles. The van der Waals surface area contributed by atoms with Crippen molar-refractivity contribution in [3.05, 3.63) is 34.9 Å². The maximum absolute atomic E-state index is 5.98. The van der Waals surface area contributed by atoms with E-state index >= 15 is 0 Å². The Balaban J connectivity index is 2.41. The third-order valence-electron chi connectivity index (χ3n) is 2.61. The molecule has 0 heterocycles. The van der Waals surface area contributed by atoms with Crippen LogP contribution in [0.5, 0.6) is 0 Å². The van der Waals surface area contributed by atoms with Gasteiger partial charge in [0.2, 0.25) is 0 Å². The molecule has 1 aromatic rings. The normalized spacial score (nSPS) is 13.0. The number of halogens is 2. The maximum Gasteiger partial charge on any atom is 0.0518 e. The standard InChI is InChI=1S/C14H20Cl2O/c1-11(2)17-7-6-13(10-15)8-12-4-3-5-14(16)9-12/h3-5,9,11,13H,6-8,10H2,1-2H3. The van der Waals surface area contributed by atoms with Gasteiger partial charge in [0.1, 0.15) is 0 Å². The monoisotopic (exact) mass is 274 g/mol. The number of rotatable bonds is 7. The van der Waals surface area contributed by atoms with Crippen LogP contribution in [0.3, 0.4) is 0 Å². The molecule has 0 aliphatic carbocycles. The van der Waals surface area contributed by atoms with Crippen molar-refractivity contribution in [2.45, 2.75) is 32.8 Å². The fourth-order valence-electron chi connectivity index (χ4n) is 1.70. The smallest absolute Gasteiger partial charge is 0.0518 e. The van der Waals surface area contributed by atoms with Crippen molar-refractivity contribution in [3.63, 3.8) is 0 Å². The van der Waals surface area contributed by atoms with Gasteiger partial charge in [-0.25, -0.2) is 0 Å². The van der Waals surface area contributed by atoms with Gasteiger partial charge in [0.15, 0.2) is 0 Å². The lowest BCUT2D eigenvalue weighted by Gasteiger charge is -2.15. The second kappa shape index (κ2) is 7.97. The van der Waals surface area contributed by atoms with E-state index in [9.17, 15) is 0 Å². The Labute approximate surface area is 114 Å². The number of ether oxygens (including phenoxy) is 1. The molecular formula is C14H20Cl2O. The summed E-state index contributed by atoms with van der Waals surface area (Å²) in [7, 11) is 0. The van der Waals surface area contributed by atoms with Crippen molar-refractivity contribution in [1.29, 1.82) is 0 Å². The van der Waals surface area contributed by atoms with Crippen molar-refractivity contribution in [2.24, 2.45) is 5.92 Å². The summed E-state index contributed by atoms with van der Waals surface area (Å²) in [5, 5.41) is 0.786. The van der Waals surface area contributed by atoms with Gasteiger partial charge in [-0.05, 0) is 50.3 Å². The predicted molar refractivity (Wildman–Crippen MR) is 75.1 cm³/mol. The molecule has 17 heavy (non-hydrogen) atoms. The fourth-order valence-corrected chi connectivity index (χ4v) is 2.18. The molecule has 0 aliphatic heterocycles. The highest BCUT2D eigenvalue weighted by Crippen LogP contribution is 2.17. The minimum absolute atomic E-state index is 0.289. The number of alkyl halides is 1. The van der Waals surface area contributed by atoms with Crippen LogP contribution >= 0.6 is 23.2 Å². The number of benzene rings is 1. The summed E-state index contributed by atoms with van der Waals surface area (Å²) in [5.74, 6) is 1.11. The molecule has 3 heteroatoms. The molecule has 1 nitrogen and oxygen atoms in total. The molecule has 1 rings (SSSR count). The zero-order chi connectivity index (χ0) is 12.7. The van der Waals surface area contributed by atoms with Crippen LogP contribution in [-0.2, 0) is 11.2 Å². The molecule has 0 bridgehead atoms. The Hall–Kier alpha value is -0.240. The van der Waals surface area contributed by atoms with Gasteiger partial charge in [-0.2, -0.15) is 0 Å². The van der Waals surface area contributed by atoms with Gasteiger partial charge in [-0.3, -0.25) is 0 Å². The molecular weight excluding hydrogens is 255 g/mol. The predicted octanol–water partition coefficient (Wildman–Crippen LogP) is 4.55. The second-order valence-corrected chi connectivity index (χ2v) is 5.31. The summed E-state index contributed by atoms with van der Waals surface area (Å²) in [5.41, 5.74) is 1.24. The zero-order valence-corrected chi connectivity index (χ0v) is 12.0. The van der Waals surface area contributed by atoms with Crippen LogP contribution in [0.1, 0.15) is 25.8 Å². The molecule has 0 spiro atoms. The van der Waals surface area contributed by atoms with Gasteiger partial charge >= 0.3 is 0 Å². The molecule has 0 aromatic heterocycles. The molecule has 0 N–H and O–H groups in total. The largest absolute Gasteiger partial charge is 0.379 e. The quantitative estimate of drug-likeness (QED) is 0.663. The molecule has 0 saturated heterocycles. The van der Waals surface area contributed by atoms with E-state index in [2.05, 4.69) is 6.07 Å². The van der Waals surface area contributed by atoms with Crippen LogP contribution in [0.15, 0.2) is 24.3 Å². The van der Waals surface area contributed by atoms with E-state index in [1.165, 1.54) is 5.56 Å². The summed E-state index contributed by atoms with van der Waals surface area (Å²) in [6.45, 7) is 4.87. The molecule has 0 amide bonds. The lowest BCUT2D eigenvalue weighted by molar-refractivity contribution is 0.0700. The van der Waals surface area contributed by atoms with E-state index in [0.29, 0.717) is 11.8 Å². The molecule has 0 aliphatic rings. The van der Waals surface area contributed by atoms with E-state index in [-0.39, 0.29) is 6.10 Å². The number of hydrogen-bond acceptors (Lipinski definition) is 1. The Kier molecular flexibility index (Phi) is 6.94. The molecule has 0 saturated carbocycles. The Morgan fingerprint density at radius 2 is 2.06 bits per heavy atom. The topological polar surface area (TPSA) is 9.23 Å². The van der Waals surface area contributed by atoms with Gasteiger partial charge in [-0.1, -0.05) is 23.7 Å². The van der Waals surface area contributed by atoms with Gasteiger partial charge in [0, 0.05) is 17.5 Å². The van der Waals surface area contributed by atoms with Crippen molar-refractivity contribution in [1.82, 2.24) is 0 Å². The van der Waals surface area contributed by atoms with E-state index < -0.39 is 0 Å². The molecule has 96 valence electrons. The lowest BCUT2D eigenvalue weighted by Crippen LogP contribution is -2.12. The summed E-state index contributed by atoms with van der Waals surface area (Å²) in [6.07, 6.45) is 2.25. The van der Waals surface area contributed by atoms with Crippen LogP contribution in [0.2, 0.25) is 5.02 Å². The van der Waals surface area contributed by atoms with Crippen molar-refractivity contribution in [2.75, 3.05) is 12.5 Å². The molecule has 0 fully saturated rings. The minimum atomic E-state index is 0.289. The van der Waals surface area contributed by atoms with Gasteiger partial charge < -0.3 is 4.74 Å². The van der Waals surface area contributed by atoms with Gasteiger partial charge in [0.05, 0.1) is 6.10 Å². The molecule has 1 unspecified atom stereocenters. The van der Waals surface area contributed by atoms with Crippen LogP contribution in [0.25, 0.3) is 0 Å². The summed E-state index contributed by atoms with van der Waals surface area (Å²) < 4.78 is 5.55. The van der Waals surface area contributed by atoms with Crippen molar-refractivity contribution < 1.29 is 4.74 Å². The van der Waals surface area contributed by atoms with E-state index in [1.807, 2.05) is 32.0 Å². The highest BCUT2D eigenvalue weighted by molar-refractivity contribution is 6.30. The average molecular weight is 275 g/mol. The summed E-state index contributed by atoms with van der Waals surface area (Å²) in [6, 6.07) is 7.97. The maximum atomic E-state index is 5.98. The van der Waals surface area contributed by atoms with Gasteiger partial charge in [-0.15, -0.1) is 11.6 Å². The SMILES string of the molecule is CC(C)OCCC(CCl)Cc1cccc(Cl)c1. The van der Waals surface area contributed by atoms with E-state index in [1.54, 1.807) is 0 Å². The highest BCUT2D eigenvalue weighted by atomic mass is 35.5. The molecule has 0 radical (unpaired) electrons. The highest BCUT2D eigenvalue weighted by Gasteiger charge is 2.09. The Bertz CT molecular complexity index is 326. The summed E-state index contributed by atoms with van der Waals surface area (Å²) in [4.78, 5) is 0. The van der Waals surface area contributed by atoms with Crippen LogP contribution in [0, 0.1) is 5.92 Å². The second-order valence-electron chi connectivity index (χ2n) is 4.56. The Morgan fingerprint density at radius 1 is 1.29 bits per heavy atom. The average Bonchev–Trinajstić information content (AvgIpc) is 2.27. The summed E-state index contributed by atoms with van der Waals surface area (Å²) >= 11 is 11.9.